The number of sulfone groups is 1. The fourth-order valence-corrected chi connectivity index (χ4v) is 4.31. The molecule has 1 aromatic heterocycles. The molecule has 0 N–H and O–H groups in total. The zero-order valence-corrected chi connectivity index (χ0v) is 12.7. The fourth-order valence-electron chi connectivity index (χ4n) is 1.80. The highest BCUT2D eigenvalue weighted by Gasteiger charge is 2.33. The fraction of sp³-hybridized carbons (Fsp3) is 0.333. The van der Waals surface area contributed by atoms with Gasteiger partial charge in [-0.1, -0.05) is 10.6 Å². The first-order valence-corrected chi connectivity index (χ1v) is 8.16. The molecule has 0 saturated heterocycles. The van der Waals surface area contributed by atoms with Gasteiger partial charge in [-0.3, -0.25) is 0 Å². The van der Waals surface area contributed by atoms with E-state index in [1.807, 2.05) is 0 Å². The Labute approximate surface area is 123 Å². The summed E-state index contributed by atoms with van der Waals surface area (Å²) in [7, 11) is -3.94. The summed E-state index contributed by atoms with van der Waals surface area (Å²) in [6.07, 6.45) is -4.59. The van der Waals surface area contributed by atoms with Gasteiger partial charge in [-0.2, -0.15) is 13.2 Å². The predicted octanol–water partition coefficient (Wildman–Crippen LogP) is 3.40. The maximum absolute atomic E-state index is 12.7. The van der Waals surface area contributed by atoms with Crippen LogP contribution in [-0.2, 0) is 16.0 Å². The number of nitrogens with zero attached hydrogens (tertiary/aromatic N) is 2. The third kappa shape index (κ3) is 3.08. The topological polar surface area (TPSA) is 59.9 Å². The minimum Gasteiger partial charge on any atom is -0.223 e. The molecule has 0 bridgehead atoms. The van der Waals surface area contributed by atoms with Gasteiger partial charge in [-0.25, -0.2) is 8.42 Å². The number of halogens is 3. The maximum atomic E-state index is 12.7. The van der Waals surface area contributed by atoms with Crippen molar-refractivity contribution in [1.82, 2.24) is 9.59 Å². The van der Waals surface area contributed by atoms with Crippen LogP contribution in [0, 0.1) is 6.92 Å². The monoisotopic (exact) mass is 336 g/mol. The van der Waals surface area contributed by atoms with Crippen LogP contribution in [0.4, 0.5) is 13.2 Å². The van der Waals surface area contributed by atoms with Crippen LogP contribution in [0.25, 0.3) is 0 Å². The number of aromatic nitrogens is 2. The van der Waals surface area contributed by atoms with Crippen LogP contribution < -0.4 is 0 Å². The maximum Gasteiger partial charge on any atom is 0.416 e. The number of aryl methyl sites for hydroxylation is 1. The summed E-state index contributed by atoms with van der Waals surface area (Å²) in [5.74, 6) is 0. The SMILES string of the molecule is Cc1nnsc1C(C)S(=O)(=O)c1cccc(C(F)(F)F)c1. The van der Waals surface area contributed by atoms with Crippen molar-refractivity contribution < 1.29 is 21.6 Å². The summed E-state index contributed by atoms with van der Waals surface area (Å²) in [6, 6.07) is 3.73. The summed E-state index contributed by atoms with van der Waals surface area (Å²) in [6.45, 7) is 3.02. The van der Waals surface area contributed by atoms with E-state index in [4.69, 9.17) is 0 Å². The van der Waals surface area contributed by atoms with Crippen LogP contribution in [0.3, 0.4) is 0 Å². The van der Waals surface area contributed by atoms with Gasteiger partial charge in [0.1, 0.15) is 5.25 Å². The normalized spacial score (nSPS) is 14.1. The van der Waals surface area contributed by atoms with Gasteiger partial charge in [-0.05, 0) is 43.6 Å². The van der Waals surface area contributed by atoms with E-state index in [9.17, 15) is 21.6 Å². The number of hydrogen-bond acceptors (Lipinski definition) is 5. The van der Waals surface area contributed by atoms with Gasteiger partial charge in [0, 0.05) is 0 Å². The average molecular weight is 336 g/mol. The van der Waals surface area contributed by atoms with E-state index in [1.165, 1.54) is 6.92 Å². The highest BCUT2D eigenvalue weighted by atomic mass is 32.2. The van der Waals surface area contributed by atoms with Crippen LogP contribution in [0.15, 0.2) is 29.2 Å². The van der Waals surface area contributed by atoms with Crippen LogP contribution in [0.5, 0.6) is 0 Å². The van der Waals surface area contributed by atoms with E-state index in [1.54, 1.807) is 6.92 Å². The molecule has 2 rings (SSSR count). The quantitative estimate of drug-likeness (QED) is 0.862. The average Bonchev–Trinajstić information content (AvgIpc) is 2.83. The molecule has 1 atom stereocenters. The van der Waals surface area contributed by atoms with Crippen molar-refractivity contribution in [2.45, 2.75) is 30.2 Å². The largest absolute Gasteiger partial charge is 0.416 e. The van der Waals surface area contributed by atoms with Crippen LogP contribution >= 0.6 is 11.5 Å². The number of benzene rings is 1. The zero-order valence-electron chi connectivity index (χ0n) is 11.0. The van der Waals surface area contributed by atoms with Gasteiger partial charge in [0.2, 0.25) is 0 Å². The lowest BCUT2D eigenvalue weighted by atomic mass is 10.2. The van der Waals surface area contributed by atoms with Gasteiger partial charge in [0.25, 0.3) is 0 Å². The molecule has 0 amide bonds. The summed E-state index contributed by atoms with van der Waals surface area (Å²) in [5.41, 5.74) is -0.530. The molecule has 1 unspecified atom stereocenters. The van der Waals surface area contributed by atoms with Crippen molar-refractivity contribution in [2.24, 2.45) is 0 Å². The molecule has 2 aromatic rings. The third-order valence-corrected chi connectivity index (χ3v) is 6.25. The molecule has 9 heteroatoms. The first-order valence-electron chi connectivity index (χ1n) is 5.84. The molecular weight excluding hydrogens is 325 g/mol. The van der Waals surface area contributed by atoms with Gasteiger partial charge in [0.15, 0.2) is 9.84 Å². The highest BCUT2D eigenvalue weighted by Crippen LogP contribution is 2.35. The lowest BCUT2D eigenvalue weighted by Gasteiger charge is -2.13. The lowest BCUT2D eigenvalue weighted by Crippen LogP contribution is -2.12. The second-order valence-corrected chi connectivity index (χ2v) is 7.49. The molecule has 1 aromatic carbocycles. The van der Waals surface area contributed by atoms with Gasteiger partial charge in [-0.15, -0.1) is 5.10 Å². The van der Waals surface area contributed by atoms with Gasteiger partial charge >= 0.3 is 6.18 Å². The van der Waals surface area contributed by atoms with Crippen molar-refractivity contribution in [2.75, 3.05) is 0 Å². The second-order valence-electron chi connectivity index (χ2n) is 4.44. The summed E-state index contributed by atoms with van der Waals surface area (Å²) < 4.78 is 66.6. The first-order chi connectivity index (χ1) is 9.64. The van der Waals surface area contributed by atoms with E-state index in [2.05, 4.69) is 9.59 Å². The smallest absolute Gasteiger partial charge is 0.223 e. The molecule has 0 spiro atoms. The minimum atomic E-state index is -4.59. The van der Waals surface area contributed by atoms with Crippen molar-refractivity contribution in [1.29, 1.82) is 0 Å². The molecule has 0 aliphatic rings. The molecule has 0 saturated carbocycles. The molecule has 1 heterocycles. The van der Waals surface area contributed by atoms with Crippen LogP contribution in [0.1, 0.15) is 28.3 Å². The molecule has 114 valence electrons. The molecule has 21 heavy (non-hydrogen) atoms. The van der Waals surface area contributed by atoms with Crippen LogP contribution in [-0.4, -0.2) is 18.0 Å². The van der Waals surface area contributed by atoms with Gasteiger partial charge in [0.05, 0.1) is 21.0 Å². The van der Waals surface area contributed by atoms with E-state index < -0.39 is 26.8 Å². The van der Waals surface area contributed by atoms with E-state index >= 15 is 0 Å². The zero-order chi connectivity index (χ0) is 15.8. The molecule has 0 aliphatic carbocycles. The number of hydrogen-bond donors (Lipinski definition) is 0. The molecule has 0 fully saturated rings. The molecule has 4 nitrogen and oxygen atoms in total. The Bertz CT molecular complexity index is 754. The first kappa shape index (κ1) is 15.9. The van der Waals surface area contributed by atoms with Crippen molar-refractivity contribution in [3.63, 3.8) is 0 Å². The number of alkyl halides is 3. The number of rotatable bonds is 3. The Morgan fingerprint density at radius 2 is 1.95 bits per heavy atom. The van der Waals surface area contributed by atoms with Crippen molar-refractivity contribution >= 4 is 21.4 Å². The molecular formula is C12H11F3N2O2S2. The minimum absolute atomic E-state index is 0.363. The Hall–Kier alpha value is -1.48. The molecule has 0 aliphatic heterocycles. The Kier molecular flexibility index (Phi) is 4.07. The Morgan fingerprint density at radius 3 is 2.48 bits per heavy atom. The summed E-state index contributed by atoms with van der Waals surface area (Å²) >= 11 is 0.926. The van der Waals surface area contributed by atoms with E-state index in [0.717, 1.165) is 29.7 Å². The standard InChI is InChI=1S/C12H11F3N2O2S2/c1-7-11(20-17-16-7)8(2)21(18,19)10-5-3-4-9(6-10)12(13,14)15/h3-6,8H,1-2H3. The van der Waals surface area contributed by atoms with E-state index in [0.29, 0.717) is 16.6 Å². The van der Waals surface area contributed by atoms with Crippen LogP contribution in [0.2, 0.25) is 0 Å². The summed E-state index contributed by atoms with van der Waals surface area (Å²) in [5, 5.41) is 2.73. The van der Waals surface area contributed by atoms with Crippen molar-refractivity contribution in [3.8, 4) is 0 Å². The Morgan fingerprint density at radius 1 is 1.29 bits per heavy atom. The summed E-state index contributed by atoms with van der Waals surface area (Å²) in [4.78, 5) is 0.0602. The highest BCUT2D eigenvalue weighted by molar-refractivity contribution is 7.91. The Balaban J connectivity index is 2.48. The third-order valence-electron chi connectivity index (χ3n) is 3.01. The lowest BCUT2D eigenvalue weighted by molar-refractivity contribution is -0.137. The second kappa shape index (κ2) is 5.38. The predicted molar refractivity (Wildman–Crippen MR) is 71.7 cm³/mol. The molecule has 0 radical (unpaired) electrons. The van der Waals surface area contributed by atoms with Crippen molar-refractivity contribution in [3.05, 3.63) is 40.4 Å². The van der Waals surface area contributed by atoms with E-state index in [-0.39, 0.29) is 4.90 Å². The van der Waals surface area contributed by atoms with Gasteiger partial charge < -0.3 is 0 Å².